The lowest BCUT2D eigenvalue weighted by Crippen LogP contribution is -2.25. The van der Waals surface area contributed by atoms with Crippen molar-refractivity contribution in [3.8, 4) is 0 Å². The van der Waals surface area contributed by atoms with Gasteiger partial charge in [0.2, 0.25) is 5.89 Å². The van der Waals surface area contributed by atoms with Crippen LogP contribution in [0.1, 0.15) is 43.3 Å². The Morgan fingerprint density at radius 3 is 2.79 bits per heavy atom. The van der Waals surface area contributed by atoms with Crippen LogP contribution in [0.3, 0.4) is 0 Å². The minimum atomic E-state index is 0.225. The summed E-state index contributed by atoms with van der Waals surface area (Å²) in [7, 11) is 0. The maximum atomic E-state index is 5.98. The number of nitrogens with two attached hydrogens (primary N) is 1. The number of rotatable bonds is 4. The number of aromatic nitrogens is 2. The molecule has 1 aromatic heterocycles. The molecule has 4 nitrogen and oxygen atoms in total. The van der Waals surface area contributed by atoms with Crippen LogP contribution in [0, 0.1) is 5.92 Å². The predicted octanol–water partition coefficient (Wildman–Crippen LogP) is 1.23. The molecule has 2 aliphatic carbocycles. The molecule has 4 heteroatoms. The molecule has 1 atom stereocenters. The molecular weight excluding hydrogens is 178 g/mol. The molecule has 0 radical (unpaired) electrons. The predicted molar refractivity (Wildman–Crippen MR) is 50.7 cm³/mol. The van der Waals surface area contributed by atoms with Gasteiger partial charge in [0.05, 0.1) is 0 Å². The zero-order valence-corrected chi connectivity index (χ0v) is 8.15. The molecular formula is C10H15N3O. The Balaban J connectivity index is 1.63. The molecule has 0 spiro atoms. The van der Waals surface area contributed by atoms with Gasteiger partial charge in [0.15, 0.2) is 5.82 Å². The quantitative estimate of drug-likeness (QED) is 0.781. The minimum Gasteiger partial charge on any atom is -0.339 e. The third-order valence-electron chi connectivity index (χ3n) is 3.06. The van der Waals surface area contributed by atoms with E-state index in [0.29, 0.717) is 11.8 Å². The van der Waals surface area contributed by atoms with E-state index < -0.39 is 0 Å². The fourth-order valence-corrected chi connectivity index (χ4v) is 1.75. The average molecular weight is 193 g/mol. The van der Waals surface area contributed by atoms with Crippen LogP contribution in [-0.4, -0.2) is 16.2 Å². The Bertz CT molecular complexity index is 328. The van der Waals surface area contributed by atoms with Gasteiger partial charge < -0.3 is 10.3 Å². The molecule has 1 heterocycles. The van der Waals surface area contributed by atoms with Gasteiger partial charge in [-0.2, -0.15) is 4.98 Å². The molecule has 2 aliphatic rings. The van der Waals surface area contributed by atoms with Gasteiger partial charge >= 0.3 is 0 Å². The van der Waals surface area contributed by atoms with E-state index in [4.69, 9.17) is 10.3 Å². The van der Waals surface area contributed by atoms with Gasteiger partial charge in [0.1, 0.15) is 0 Å². The zero-order chi connectivity index (χ0) is 9.54. The zero-order valence-electron chi connectivity index (χ0n) is 8.15. The molecule has 0 amide bonds. The van der Waals surface area contributed by atoms with Crippen molar-refractivity contribution in [3.05, 3.63) is 11.7 Å². The lowest BCUT2D eigenvalue weighted by atomic mass is 10.1. The molecule has 0 aromatic carbocycles. The highest BCUT2D eigenvalue weighted by Crippen LogP contribution is 2.38. The normalized spacial score (nSPS) is 23.8. The summed E-state index contributed by atoms with van der Waals surface area (Å²) < 4.78 is 5.17. The molecule has 1 aromatic rings. The van der Waals surface area contributed by atoms with E-state index in [0.717, 1.165) is 18.1 Å². The SMILES string of the molecule is NC(Cc1nc(C2CC2)no1)C1CC1. The molecule has 0 aliphatic heterocycles. The van der Waals surface area contributed by atoms with Crippen molar-refractivity contribution in [2.24, 2.45) is 11.7 Å². The van der Waals surface area contributed by atoms with E-state index in [1.807, 2.05) is 0 Å². The molecule has 0 bridgehead atoms. The van der Waals surface area contributed by atoms with E-state index in [9.17, 15) is 0 Å². The van der Waals surface area contributed by atoms with Crippen LogP contribution in [0.15, 0.2) is 4.52 Å². The Hall–Kier alpha value is -0.900. The van der Waals surface area contributed by atoms with Crippen molar-refractivity contribution < 1.29 is 4.52 Å². The van der Waals surface area contributed by atoms with E-state index in [1.54, 1.807) is 0 Å². The molecule has 14 heavy (non-hydrogen) atoms. The summed E-state index contributed by atoms with van der Waals surface area (Å²) in [5, 5.41) is 3.97. The molecule has 2 N–H and O–H groups in total. The summed E-state index contributed by atoms with van der Waals surface area (Å²) in [6, 6.07) is 0.225. The second-order valence-corrected chi connectivity index (χ2v) is 4.53. The van der Waals surface area contributed by atoms with Gasteiger partial charge in [-0.05, 0) is 31.6 Å². The third kappa shape index (κ3) is 1.66. The van der Waals surface area contributed by atoms with Gasteiger partial charge in [-0.25, -0.2) is 0 Å². The van der Waals surface area contributed by atoms with Crippen LogP contribution >= 0.6 is 0 Å². The lowest BCUT2D eigenvalue weighted by Gasteiger charge is -2.04. The number of hydrogen-bond donors (Lipinski definition) is 1. The molecule has 0 saturated heterocycles. The Morgan fingerprint density at radius 1 is 1.36 bits per heavy atom. The second kappa shape index (κ2) is 3.05. The smallest absolute Gasteiger partial charge is 0.228 e. The van der Waals surface area contributed by atoms with Crippen LogP contribution in [0.4, 0.5) is 0 Å². The summed E-state index contributed by atoms with van der Waals surface area (Å²) in [4.78, 5) is 4.36. The maximum absolute atomic E-state index is 5.98. The first-order valence-electron chi connectivity index (χ1n) is 5.41. The first-order valence-corrected chi connectivity index (χ1v) is 5.41. The summed E-state index contributed by atoms with van der Waals surface area (Å²) in [6.45, 7) is 0. The van der Waals surface area contributed by atoms with Gasteiger partial charge in [-0.15, -0.1) is 0 Å². The van der Waals surface area contributed by atoms with E-state index in [1.165, 1.54) is 25.7 Å². The van der Waals surface area contributed by atoms with Gasteiger partial charge in [0, 0.05) is 18.4 Å². The van der Waals surface area contributed by atoms with Gasteiger partial charge in [-0.3, -0.25) is 0 Å². The van der Waals surface area contributed by atoms with E-state index in [2.05, 4.69) is 10.1 Å². The maximum Gasteiger partial charge on any atom is 0.228 e. The second-order valence-electron chi connectivity index (χ2n) is 4.53. The largest absolute Gasteiger partial charge is 0.339 e. The van der Waals surface area contributed by atoms with Crippen molar-refractivity contribution in [2.45, 2.75) is 44.1 Å². The number of hydrogen-bond acceptors (Lipinski definition) is 4. The highest BCUT2D eigenvalue weighted by atomic mass is 16.5. The lowest BCUT2D eigenvalue weighted by molar-refractivity contribution is 0.359. The molecule has 2 saturated carbocycles. The van der Waals surface area contributed by atoms with Crippen LogP contribution < -0.4 is 5.73 Å². The minimum absolute atomic E-state index is 0.225. The third-order valence-corrected chi connectivity index (χ3v) is 3.06. The van der Waals surface area contributed by atoms with Crippen molar-refractivity contribution in [2.75, 3.05) is 0 Å². The first-order chi connectivity index (χ1) is 6.83. The average Bonchev–Trinajstić information content (AvgIpc) is 3.06. The van der Waals surface area contributed by atoms with E-state index in [-0.39, 0.29) is 6.04 Å². The van der Waals surface area contributed by atoms with Gasteiger partial charge in [-0.1, -0.05) is 5.16 Å². The summed E-state index contributed by atoms with van der Waals surface area (Å²) in [5.41, 5.74) is 5.98. The Kier molecular flexibility index (Phi) is 1.83. The van der Waals surface area contributed by atoms with Crippen molar-refractivity contribution in [1.29, 1.82) is 0 Å². The van der Waals surface area contributed by atoms with Crippen LogP contribution in [0.2, 0.25) is 0 Å². The van der Waals surface area contributed by atoms with Gasteiger partial charge in [0.25, 0.3) is 0 Å². The van der Waals surface area contributed by atoms with Crippen molar-refractivity contribution in [3.63, 3.8) is 0 Å². The van der Waals surface area contributed by atoms with E-state index >= 15 is 0 Å². The molecule has 1 unspecified atom stereocenters. The van der Waals surface area contributed by atoms with Crippen molar-refractivity contribution in [1.82, 2.24) is 10.1 Å². The topological polar surface area (TPSA) is 64.9 Å². The Morgan fingerprint density at radius 2 is 2.14 bits per heavy atom. The summed E-state index contributed by atoms with van der Waals surface area (Å²) in [5.74, 6) is 2.89. The highest BCUT2D eigenvalue weighted by Gasteiger charge is 2.32. The Labute approximate surface area is 82.9 Å². The highest BCUT2D eigenvalue weighted by molar-refractivity contribution is 5.04. The first kappa shape index (κ1) is 8.41. The standard InChI is InChI=1S/C10H15N3O/c11-8(6-1-2-6)5-9-12-10(13-14-9)7-3-4-7/h6-8H,1-5,11H2. The molecule has 2 fully saturated rings. The summed E-state index contributed by atoms with van der Waals surface area (Å²) in [6.07, 6.45) is 5.72. The van der Waals surface area contributed by atoms with Crippen molar-refractivity contribution >= 4 is 0 Å². The monoisotopic (exact) mass is 193 g/mol. The molecule has 3 rings (SSSR count). The fraction of sp³-hybridized carbons (Fsp3) is 0.800. The molecule has 76 valence electrons. The van der Waals surface area contributed by atoms with Crippen LogP contribution in [-0.2, 0) is 6.42 Å². The van der Waals surface area contributed by atoms with Crippen LogP contribution in [0.25, 0.3) is 0 Å². The fourth-order valence-electron chi connectivity index (χ4n) is 1.75. The number of nitrogens with zero attached hydrogens (tertiary/aromatic N) is 2. The van der Waals surface area contributed by atoms with Crippen LogP contribution in [0.5, 0.6) is 0 Å². The summed E-state index contributed by atoms with van der Waals surface area (Å²) >= 11 is 0.